The SMILES string of the molecule is Cc1cc(C)c(NCCC(C)CN)c(C)c1. The summed E-state index contributed by atoms with van der Waals surface area (Å²) in [5.74, 6) is 0.596. The summed E-state index contributed by atoms with van der Waals surface area (Å²) >= 11 is 0. The summed E-state index contributed by atoms with van der Waals surface area (Å²) in [6.07, 6.45) is 1.13. The number of aryl methyl sites for hydroxylation is 3. The van der Waals surface area contributed by atoms with E-state index in [9.17, 15) is 0 Å². The Bertz CT molecular complexity index is 322. The lowest BCUT2D eigenvalue weighted by atomic mass is 10.0. The molecule has 1 unspecified atom stereocenters. The molecule has 2 nitrogen and oxygen atoms in total. The van der Waals surface area contributed by atoms with Gasteiger partial charge in [-0.1, -0.05) is 24.6 Å². The lowest BCUT2D eigenvalue weighted by Crippen LogP contribution is -2.15. The summed E-state index contributed by atoms with van der Waals surface area (Å²) in [7, 11) is 0. The van der Waals surface area contributed by atoms with Gasteiger partial charge >= 0.3 is 0 Å². The Morgan fingerprint density at radius 2 is 1.75 bits per heavy atom. The van der Waals surface area contributed by atoms with Gasteiger partial charge in [-0.2, -0.15) is 0 Å². The minimum atomic E-state index is 0.596. The fourth-order valence-corrected chi connectivity index (χ4v) is 2.02. The maximum Gasteiger partial charge on any atom is 0.0399 e. The van der Waals surface area contributed by atoms with E-state index in [1.165, 1.54) is 22.4 Å². The van der Waals surface area contributed by atoms with Gasteiger partial charge in [-0.25, -0.2) is 0 Å². The van der Waals surface area contributed by atoms with Gasteiger partial charge in [0.2, 0.25) is 0 Å². The molecule has 0 aliphatic rings. The molecule has 2 heteroatoms. The lowest BCUT2D eigenvalue weighted by Gasteiger charge is -2.15. The van der Waals surface area contributed by atoms with Crippen molar-refractivity contribution in [3.8, 4) is 0 Å². The Morgan fingerprint density at radius 1 is 1.19 bits per heavy atom. The first-order valence-corrected chi connectivity index (χ1v) is 6.06. The van der Waals surface area contributed by atoms with Crippen LogP contribution in [0.25, 0.3) is 0 Å². The first kappa shape index (κ1) is 13.0. The Hall–Kier alpha value is -1.02. The maximum absolute atomic E-state index is 5.60. The Morgan fingerprint density at radius 3 is 2.25 bits per heavy atom. The highest BCUT2D eigenvalue weighted by Gasteiger charge is 2.04. The molecule has 0 aliphatic carbocycles. The van der Waals surface area contributed by atoms with Gasteiger partial charge in [0.05, 0.1) is 0 Å². The molecule has 1 aromatic carbocycles. The van der Waals surface area contributed by atoms with E-state index >= 15 is 0 Å². The van der Waals surface area contributed by atoms with E-state index in [0.717, 1.165) is 19.5 Å². The first-order chi connectivity index (χ1) is 7.54. The summed E-state index contributed by atoms with van der Waals surface area (Å²) in [5.41, 5.74) is 10.9. The molecule has 1 aromatic rings. The van der Waals surface area contributed by atoms with Gasteiger partial charge in [0.25, 0.3) is 0 Å². The van der Waals surface area contributed by atoms with Crippen LogP contribution >= 0.6 is 0 Å². The van der Waals surface area contributed by atoms with Crippen LogP contribution < -0.4 is 11.1 Å². The van der Waals surface area contributed by atoms with Crippen molar-refractivity contribution in [2.45, 2.75) is 34.1 Å². The molecule has 3 N–H and O–H groups in total. The van der Waals surface area contributed by atoms with Gasteiger partial charge in [-0.3, -0.25) is 0 Å². The van der Waals surface area contributed by atoms with Crippen LogP contribution in [0.1, 0.15) is 30.0 Å². The van der Waals surface area contributed by atoms with Crippen molar-refractivity contribution in [3.63, 3.8) is 0 Å². The number of hydrogen-bond donors (Lipinski definition) is 2. The van der Waals surface area contributed by atoms with Gasteiger partial charge in [-0.05, 0) is 50.8 Å². The van der Waals surface area contributed by atoms with Crippen LogP contribution in [0.4, 0.5) is 5.69 Å². The van der Waals surface area contributed by atoms with Gasteiger partial charge in [0.1, 0.15) is 0 Å². The average Bonchev–Trinajstić information content (AvgIpc) is 2.21. The highest BCUT2D eigenvalue weighted by Crippen LogP contribution is 2.21. The zero-order valence-corrected chi connectivity index (χ0v) is 10.9. The molecule has 16 heavy (non-hydrogen) atoms. The van der Waals surface area contributed by atoms with Crippen LogP contribution in [-0.4, -0.2) is 13.1 Å². The molecule has 0 spiro atoms. The number of hydrogen-bond acceptors (Lipinski definition) is 2. The zero-order chi connectivity index (χ0) is 12.1. The Kier molecular flexibility index (Phi) is 4.81. The quantitative estimate of drug-likeness (QED) is 0.800. The van der Waals surface area contributed by atoms with E-state index in [2.05, 4.69) is 45.1 Å². The number of rotatable bonds is 5. The minimum Gasteiger partial charge on any atom is -0.385 e. The van der Waals surface area contributed by atoms with Crippen LogP contribution in [0.2, 0.25) is 0 Å². The third-order valence-corrected chi connectivity index (χ3v) is 3.02. The molecule has 1 rings (SSSR count). The second kappa shape index (κ2) is 5.90. The topological polar surface area (TPSA) is 38.0 Å². The van der Waals surface area contributed by atoms with E-state index in [4.69, 9.17) is 5.73 Å². The molecule has 0 fully saturated rings. The normalized spacial score (nSPS) is 12.6. The van der Waals surface area contributed by atoms with Crippen molar-refractivity contribution in [2.24, 2.45) is 11.7 Å². The molecule has 0 radical (unpaired) electrons. The molecular weight excluding hydrogens is 196 g/mol. The lowest BCUT2D eigenvalue weighted by molar-refractivity contribution is 0.561. The highest BCUT2D eigenvalue weighted by molar-refractivity contribution is 5.58. The largest absolute Gasteiger partial charge is 0.385 e. The number of nitrogens with two attached hydrogens (primary N) is 1. The fourth-order valence-electron chi connectivity index (χ4n) is 2.02. The van der Waals surface area contributed by atoms with Crippen molar-refractivity contribution in [3.05, 3.63) is 28.8 Å². The van der Waals surface area contributed by atoms with Crippen LogP contribution in [0.15, 0.2) is 12.1 Å². The van der Waals surface area contributed by atoms with E-state index in [1.807, 2.05) is 0 Å². The molecule has 0 amide bonds. The molecular formula is C14H24N2. The van der Waals surface area contributed by atoms with Crippen molar-refractivity contribution in [1.29, 1.82) is 0 Å². The fraction of sp³-hybridized carbons (Fsp3) is 0.571. The van der Waals surface area contributed by atoms with E-state index in [1.54, 1.807) is 0 Å². The molecule has 0 bridgehead atoms. The van der Waals surface area contributed by atoms with Crippen LogP contribution in [0, 0.1) is 26.7 Å². The molecule has 0 saturated heterocycles. The van der Waals surface area contributed by atoms with Crippen molar-refractivity contribution < 1.29 is 0 Å². The number of anilines is 1. The summed E-state index contributed by atoms with van der Waals surface area (Å²) in [6.45, 7) is 10.4. The number of benzene rings is 1. The van der Waals surface area contributed by atoms with Gasteiger partial charge in [0.15, 0.2) is 0 Å². The monoisotopic (exact) mass is 220 g/mol. The predicted octanol–water partition coefficient (Wildman–Crippen LogP) is 3.01. The molecule has 0 saturated carbocycles. The first-order valence-electron chi connectivity index (χ1n) is 6.06. The van der Waals surface area contributed by atoms with E-state index in [-0.39, 0.29) is 0 Å². The second-order valence-electron chi connectivity index (χ2n) is 4.83. The summed E-state index contributed by atoms with van der Waals surface area (Å²) in [6, 6.07) is 4.45. The number of nitrogens with one attached hydrogen (secondary N) is 1. The molecule has 0 aromatic heterocycles. The van der Waals surface area contributed by atoms with Gasteiger partial charge in [0, 0.05) is 12.2 Å². The zero-order valence-electron chi connectivity index (χ0n) is 10.9. The van der Waals surface area contributed by atoms with Crippen molar-refractivity contribution in [1.82, 2.24) is 0 Å². The van der Waals surface area contributed by atoms with Crippen molar-refractivity contribution >= 4 is 5.69 Å². The highest BCUT2D eigenvalue weighted by atomic mass is 14.9. The molecule has 0 heterocycles. The maximum atomic E-state index is 5.60. The van der Waals surface area contributed by atoms with Crippen molar-refractivity contribution in [2.75, 3.05) is 18.4 Å². The van der Waals surface area contributed by atoms with Crippen LogP contribution in [0.5, 0.6) is 0 Å². The minimum absolute atomic E-state index is 0.596. The van der Waals surface area contributed by atoms with Crippen LogP contribution in [0.3, 0.4) is 0 Å². The van der Waals surface area contributed by atoms with E-state index < -0.39 is 0 Å². The second-order valence-corrected chi connectivity index (χ2v) is 4.83. The standard InChI is InChI=1S/C14H24N2/c1-10(9-15)5-6-16-14-12(3)7-11(2)8-13(14)4/h7-8,10,16H,5-6,9,15H2,1-4H3. The predicted molar refractivity (Wildman–Crippen MR) is 72.0 cm³/mol. The van der Waals surface area contributed by atoms with E-state index in [0.29, 0.717) is 5.92 Å². The summed E-state index contributed by atoms with van der Waals surface area (Å²) < 4.78 is 0. The third kappa shape index (κ3) is 3.53. The third-order valence-electron chi connectivity index (χ3n) is 3.02. The smallest absolute Gasteiger partial charge is 0.0399 e. The van der Waals surface area contributed by atoms with Crippen LogP contribution in [-0.2, 0) is 0 Å². The Balaban J connectivity index is 2.60. The molecule has 1 atom stereocenters. The summed E-state index contributed by atoms with van der Waals surface area (Å²) in [4.78, 5) is 0. The average molecular weight is 220 g/mol. The molecule has 0 aliphatic heterocycles. The Labute approximate surface area is 99.2 Å². The van der Waals surface area contributed by atoms with Gasteiger partial charge < -0.3 is 11.1 Å². The summed E-state index contributed by atoms with van der Waals surface area (Å²) in [5, 5.41) is 3.52. The molecule has 90 valence electrons. The van der Waals surface area contributed by atoms with Gasteiger partial charge in [-0.15, -0.1) is 0 Å².